The number of phenols is 2. The van der Waals surface area contributed by atoms with Crippen molar-refractivity contribution >= 4 is 20.2 Å². The number of aromatic hydroxyl groups is 2. The van der Waals surface area contributed by atoms with E-state index >= 15 is 0 Å². The molecule has 0 saturated carbocycles. The molecule has 0 amide bonds. The highest BCUT2D eigenvalue weighted by Gasteiger charge is 2.19. The Morgan fingerprint density at radius 2 is 1.09 bits per heavy atom. The molecule has 1 aliphatic heterocycles. The lowest BCUT2D eigenvalue weighted by molar-refractivity contribution is 0.206. The summed E-state index contributed by atoms with van der Waals surface area (Å²) in [5.74, 6) is -0.168. The fourth-order valence-corrected chi connectivity index (χ4v) is 4.66. The molecule has 0 aliphatic carbocycles. The zero-order valence-electron chi connectivity index (χ0n) is 17.8. The number of phenolic OH excluding ortho intramolecular Hbond substituents is 2. The van der Waals surface area contributed by atoms with E-state index in [1.165, 1.54) is 24.3 Å². The molecular weight excluding hydrogens is 474 g/mol. The number of hydrogen-bond donors (Lipinski definition) is 5. The number of nitrogens with one attached hydrogen (secondary N) is 1. The van der Waals surface area contributed by atoms with Crippen LogP contribution in [0.15, 0.2) is 46.2 Å². The van der Waals surface area contributed by atoms with Crippen LogP contribution in [-0.4, -0.2) is 85.2 Å². The van der Waals surface area contributed by atoms with Crippen molar-refractivity contribution in [3.05, 3.63) is 47.5 Å². The summed E-state index contributed by atoms with van der Waals surface area (Å²) in [6, 6.07) is 7.18. The molecule has 0 unspecified atom stereocenters. The van der Waals surface area contributed by atoms with Crippen LogP contribution in [0.25, 0.3) is 0 Å². The minimum Gasteiger partial charge on any atom is -0.508 e. The topological polar surface area (TPSA) is 168 Å². The van der Waals surface area contributed by atoms with E-state index in [4.69, 9.17) is 0 Å². The lowest BCUT2D eigenvalue weighted by Crippen LogP contribution is -2.35. The van der Waals surface area contributed by atoms with Crippen molar-refractivity contribution < 1.29 is 36.2 Å². The molecule has 11 nitrogen and oxygen atoms in total. The van der Waals surface area contributed by atoms with Gasteiger partial charge in [0.05, 0.1) is 9.79 Å². The van der Waals surface area contributed by atoms with Crippen molar-refractivity contribution in [2.45, 2.75) is 22.9 Å². The molecule has 13 heteroatoms. The summed E-state index contributed by atoms with van der Waals surface area (Å²) < 4.78 is 64.3. The zero-order valence-corrected chi connectivity index (χ0v) is 19.4. The molecule has 5 N–H and O–H groups in total. The molecule has 0 spiro atoms. The fraction of sp³-hybridized carbons (Fsp3) is 0.400. The van der Waals surface area contributed by atoms with Gasteiger partial charge in [-0.3, -0.25) is 18.9 Å². The summed E-state index contributed by atoms with van der Waals surface area (Å²) in [6.45, 7) is 4.10. The van der Waals surface area contributed by atoms with Gasteiger partial charge < -0.3 is 15.5 Å². The summed E-state index contributed by atoms with van der Waals surface area (Å²) in [5, 5.41) is 23.6. The number of nitrogens with zero attached hydrogens (tertiary/aromatic N) is 2. The highest BCUT2D eigenvalue weighted by molar-refractivity contribution is 7.86. The maximum Gasteiger partial charge on any atom is 0.294 e. The Balaban J connectivity index is 1.74. The quantitative estimate of drug-likeness (QED) is 0.350. The van der Waals surface area contributed by atoms with Crippen molar-refractivity contribution in [1.29, 1.82) is 0 Å². The van der Waals surface area contributed by atoms with Crippen molar-refractivity contribution in [1.82, 2.24) is 15.1 Å². The Labute approximate surface area is 192 Å². The molecule has 1 aliphatic rings. The molecule has 1 heterocycles. The molecule has 0 atom stereocenters. The third-order valence-electron chi connectivity index (χ3n) is 5.43. The SMILES string of the molecule is O=S(=O)(O)c1ccc(O)c(CN2CCNCCN(Cc3cc(S(=O)(=O)O)ccc3O)CC2)c1. The number of hydrogen-bond acceptors (Lipinski definition) is 9. The van der Waals surface area contributed by atoms with E-state index in [1.807, 2.05) is 9.80 Å². The predicted molar refractivity (Wildman–Crippen MR) is 119 cm³/mol. The molecule has 2 aromatic carbocycles. The minimum absolute atomic E-state index is 0.0842. The molecule has 0 bridgehead atoms. The summed E-state index contributed by atoms with van der Waals surface area (Å²) >= 11 is 0. The van der Waals surface area contributed by atoms with E-state index in [1.54, 1.807) is 0 Å². The maximum atomic E-state index is 11.4. The first kappa shape index (κ1) is 25.4. The van der Waals surface area contributed by atoms with Crippen LogP contribution in [0, 0.1) is 0 Å². The molecule has 182 valence electrons. The van der Waals surface area contributed by atoms with Crippen LogP contribution in [0.3, 0.4) is 0 Å². The Hall–Kier alpha value is -2.26. The van der Waals surface area contributed by atoms with Crippen molar-refractivity contribution in [3.63, 3.8) is 0 Å². The van der Waals surface area contributed by atoms with Gasteiger partial charge in [0.1, 0.15) is 11.5 Å². The van der Waals surface area contributed by atoms with Crippen LogP contribution in [0.2, 0.25) is 0 Å². The molecule has 1 saturated heterocycles. The van der Waals surface area contributed by atoms with Gasteiger partial charge in [-0.15, -0.1) is 0 Å². The monoisotopic (exact) mass is 501 g/mol. The van der Waals surface area contributed by atoms with E-state index in [9.17, 15) is 36.2 Å². The Kier molecular flexibility index (Phi) is 7.95. The van der Waals surface area contributed by atoms with Gasteiger partial charge in [0, 0.05) is 63.5 Å². The van der Waals surface area contributed by atoms with E-state index in [2.05, 4.69) is 5.32 Å². The first-order valence-electron chi connectivity index (χ1n) is 10.2. The summed E-state index contributed by atoms with van der Waals surface area (Å²) in [5.41, 5.74) is 0.712. The molecular formula is C20H27N3O8S2. The Bertz CT molecular complexity index is 1110. The zero-order chi connectivity index (χ0) is 24.2. The predicted octanol–water partition coefficient (Wildman–Crippen LogP) is 0.499. The van der Waals surface area contributed by atoms with Gasteiger partial charge in [-0.2, -0.15) is 16.8 Å². The third-order valence-corrected chi connectivity index (χ3v) is 7.13. The van der Waals surface area contributed by atoms with Gasteiger partial charge in [0.15, 0.2) is 0 Å². The third kappa shape index (κ3) is 7.11. The van der Waals surface area contributed by atoms with Crippen molar-refractivity contribution in [3.8, 4) is 11.5 Å². The minimum atomic E-state index is -4.40. The lowest BCUT2D eigenvalue weighted by Gasteiger charge is -2.26. The first-order chi connectivity index (χ1) is 15.4. The molecule has 0 aromatic heterocycles. The molecule has 33 heavy (non-hydrogen) atoms. The van der Waals surface area contributed by atoms with E-state index in [0.717, 1.165) is 12.1 Å². The highest BCUT2D eigenvalue weighted by Crippen LogP contribution is 2.24. The van der Waals surface area contributed by atoms with Crippen LogP contribution in [0.4, 0.5) is 0 Å². The standard InChI is InChI=1S/C20H27N3O8S2/c24-19-3-1-17(32(26,27)28)11-15(19)13-22-7-5-21-6-8-23(10-9-22)14-16-12-18(33(29,30)31)2-4-20(16)25/h1-4,11-12,21,24-25H,5-10,13-14H2,(H,26,27,28)(H,29,30,31). The summed E-state index contributed by atoms with van der Waals surface area (Å²) in [6.07, 6.45) is 0. The van der Waals surface area contributed by atoms with Gasteiger partial charge >= 0.3 is 0 Å². The molecule has 3 rings (SSSR count). The summed E-state index contributed by atoms with van der Waals surface area (Å²) in [7, 11) is -8.80. The van der Waals surface area contributed by atoms with Crippen LogP contribution in [-0.2, 0) is 33.3 Å². The summed E-state index contributed by atoms with van der Waals surface area (Å²) in [4.78, 5) is 3.41. The van der Waals surface area contributed by atoms with Crippen LogP contribution >= 0.6 is 0 Å². The van der Waals surface area contributed by atoms with Crippen molar-refractivity contribution in [2.75, 3.05) is 39.3 Å². The molecule has 2 aromatic rings. The van der Waals surface area contributed by atoms with Crippen LogP contribution in [0.1, 0.15) is 11.1 Å². The van der Waals surface area contributed by atoms with Gasteiger partial charge in [0.2, 0.25) is 0 Å². The fourth-order valence-electron chi connectivity index (χ4n) is 3.60. The normalized spacial score (nSPS) is 17.3. The van der Waals surface area contributed by atoms with E-state index in [0.29, 0.717) is 50.4 Å². The van der Waals surface area contributed by atoms with Crippen molar-refractivity contribution in [2.24, 2.45) is 0 Å². The largest absolute Gasteiger partial charge is 0.508 e. The smallest absolute Gasteiger partial charge is 0.294 e. The van der Waals surface area contributed by atoms with Gasteiger partial charge in [-0.05, 0) is 36.4 Å². The highest BCUT2D eigenvalue weighted by atomic mass is 32.2. The van der Waals surface area contributed by atoms with E-state index in [-0.39, 0.29) is 34.4 Å². The van der Waals surface area contributed by atoms with Gasteiger partial charge in [0.25, 0.3) is 20.2 Å². The van der Waals surface area contributed by atoms with Gasteiger partial charge in [-0.25, -0.2) is 0 Å². The number of benzene rings is 2. The Morgan fingerprint density at radius 1 is 0.697 bits per heavy atom. The molecule has 0 radical (unpaired) electrons. The van der Waals surface area contributed by atoms with E-state index < -0.39 is 20.2 Å². The maximum absolute atomic E-state index is 11.4. The second-order valence-corrected chi connectivity index (χ2v) is 10.7. The average molecular weight is 502 g/mol. The van der Waals surface area contributed by atoms with Crippen LogP contribution in [0.5, 0.6) is 11.5 Å². The number of rotatable bonds is 6. The second-order valence-electron chi connectivity index (χ2n) is 7.83. The van der Waals surface area contributed by atoms with Gasteiger partial charge in [-0.1, -0.05) is 0 Å². The average Bonchev–Trinajstić information content (AvgIpc) is 2.82. The molecule has 1 fully saturated rings. The first-order valence-corrected chi connectivity index (χ1v) is 13.1. The lowest BCUT2D eigenvalue weighted by atomic mass is 10.1. The van der Waals surface area contributed by atoms with Crippen LogP contribution < -0.4 is 5.32 Å². The Morgan fingerprint density at radius 3 is 1.45 bits per heavy atom. The second kappa shape index (κ2) is 10.3.